The Hall–Kier alpha value is -3.87. The number of fused-ring (bicyclic) bond motifs is 3. The van der Waals surface area contributed by atoms with E-state index in [1.54, 1.807) is 23.2 Å². The molecular formula is C23H19NO6. The van der Waals surface area contributed by atoms with E-state index in [9.17, 15) is 19.5 Å². The number of hydrogen-bond donors (Lipinski definition) is 1. The largest absolute Gasteiger partial charge is 0.507 e. The van der Waals surface area contributed by atoms with E-state index < -0.39 is 29.8 Å². The molecule has 2 atom stereocenters. The van der Waals surface area contributed by atoms with Crippen molar-refractivity contribution in [2.24, 2.45) is 0 Å². The molecular weight excluding hydrogens is 386 g/mol. The summed E-state index contributed by atoms with van der Waals surface area (Å²) in [5.41, 5.74) is 1.62. The number of aromatic hydroxyl groups is 1. The Labute approximate surface area is 172 Å². The first-order chi connectivity index (χ1) is 14.5. The summed E-state index contributed by atoms with van der Waals surface area (Å²) in [5.74, 6) is -2.26. The molecule has 0 saturated carbocycles. The van der Waals surface area contributed by atoms with Crippen LogP contribution in [-0.4, -0.2) is 48.0 Å². The number of phenols is 1. The number of ketones is 1. The zero-order valence-corrected chi connectivity index (χ0v) is 16.4. The fourth-order valence-corrected chi connectivity index (χ4v) is 4.07. The lowest BCUT2D eigenvalue weighted by atomic mass is 9.91. The Kier molecular flexibility index (Phi) is 4.87. The van der Waals surface area contributed by atoms with Gasteiger partial charge in [-0.1, -0.05) is 36.4 Å². The summed E-state index contributed by atoms with van der Waals surface area (Å²) in [7, 11) is 2.41. The molecule has 2 aromatic carbocycles. The molecule has 30 heavy (non-hydrogen) atoms. The van der Waals surface area contributed by atoms with Crippen molar-refractivity contribution >= 4 is 23.8 Å². The third-order valence-electron chi connectivity index (χ3n) is 5.38. The van der Waals surface area contributed by atoms with Crippen molar-refractivity contribution in [3.8, 4) is 5.75 Å². The number of hydrogen-bond acceptors (Lipinski definition) is 7. The SMILES string of the molecule is COC(=O)C1=C(C(=O)OC)C2c3ccccc3C=CN2C1C(=O)c1ccccc1O. The number of nitrogens with zero attached hydrogens (tertiary/aromatic N) is 1. The second-order valence-corrected chi connectivity index (χ2v) is 6.89. The van der Waals surface area contributed by atoms with Crippen LogP contribution in [0.25, 0.3) is 6.08 Å². The third kappa shape index (κ3) is 2.86. The molecule has 1 N–H and O–H groups in total. The van der Waals surface area contributed by atoms with Gasteiger partial charge in [0.2, 0.25) is 0 Å². The first-order valence-electron chi connectivity index (χ1n) is 9.27. The molecule has 7 heteroatoms. The molecule has 0 fully saturated rings. The molecule has 2 heterocycles. The molecule has 0 saturated heterocycles. The second kappa shape index (κ2) is 7.51. The Morgan fingerprint density at radius 2 is 1.53 bits per heavy atom. The zero-order chi connectivity index (χ0) is 21.4. The van der Waals surface area contributed by atoms with Crippen molar-refractivity contribution < 1.29 is 29.0 Å². The van der Waals surface area contributed by atoms with Crippen LogP contribution in [0.15, 0.2) is 65.9 Å². The van der Waals surface area contributed by atoms with Gasteiger partial charge >= 0.3 is 11.9 Å². The van der Waals surface area contributed by atoms with Gasteiger partial charge in [0.05, 0.1) is 37.0 Å². The lowest BCUT2D eigenvalue weighted by Gasteiger charge is -2.33. The van der Waals surface area contributed by atoms with Crippen LogP contribution in [0.4, 0.5) is 0 Å². The van der Waals surface area contributed by atoms with Gasteiger partial charge in [-0.15, -0.1) is 0 Å². The van der Waals surface area contributed by atoms with E-state index in [1.165, 1.54) is 26.4 Å². The Balaban J connectivity index is 1.97. The molecule has 0 radical (unpaired) electrons. The number of ether oxygens (including phenoxy) is 2. The molecule has 0 amide bonds. The van der Waals surface area contributed by atoms with E-state index >= 15 is 0 Å². The van der Waals surface area contributed by atoms with E-state index in [0.29, 0.717) is 0 Å². The van der Waals surface area contributed by atoms with Crippen molar-refractivity contribution in [1.82, 2.24) is 4.90 Å². The van der Waals surface area contributed by atoms with Gasteiger partial charge in [0.1, 0.15) is 11.8 Å². The summed E-state index contributed by atoms with van der Waals surface area (Å²) in [5, 5.41) is 10.2. The average molecular weight is 405 g/mol. The summed E-state index contributed by atoms with van der Waals surface area (Å²) in [6.45, 7) is 0. The number of methoxy groups -OCH3 is 2. The number of rotatable bonds is 4. The lowest BCUT2D eigenvalue weighted by molar-refractivity contribution is -0.139. The van der Waals surface area contributed by atoms with Crippen LogP contribution in [-0.2, 0) is 19.1 Å². The number of benzene rings is 2. The Morgan fingerprint density at radius 3 is 2.23 bits per heavy atom. The van der Waals surface area contributed by atoms with Gasteiger partial charge in [0, 0.05) is 6.20 Å². The first-order valence-corrected chi connectivity index (χ1v) is 9.27. The normalized spacial score (nSPS) is 19.2. The summed E-state index contributed by atoms with van der Waals surface area (Å²) < 4.78 is 9.89. The van der Waals surface area contributed by atoms with E-state index in [4.69, 9.17) is 9.47 Å². The predicted octanol–water partition coefficient (Wildman–Crippen LogP) is 2.63. The summed E-state index contributed by atoms with van der Waals surface area (Å²) >= 11 is 0. The van der Waals surface area contributed by atoms with Gasteiger partial charge < -0.3 is 19.5 Å². The molecule has 0 spiro atoms. The fraction of sp³-hybridized carbons (Fsp3) is 0.174. The molecule has 0 aromatic heterocycles. The highest BCUT2D eigenvalue weighted by atomic mass is 16.5. The summed E-state index contributed by atoms with van der Waals surface area (Å²) in [6.07, 6.45) is 3.49. The first kappa shape index (κ1) is 19.4. The topological polar surface area (TPSA) is 93.1 Å². The predicted molar refractivity (Wildman–Crippen MR) is 107 cm³/mol. The molecule has 2 aliphatic rings. The van der Waals surface area contributed by atoms with Crippen LogP contribution in [0.5, 0.6) is 5.75 Å². The van der Waals surface area contributed by atoms with Crippen LogP contribution in [0.1, 0.15) is 27.5 Å². The zero-order valence-electron chi connectivity index (χ0n) is 16.4. The van der Waals surface area contributed by atoms with Crippen molar-refractivity contribution in [2.75, 3.05) is 14.2 Å². The van der Waals surface area contributed by atoms with Crippen LogP contribution >= 0.6 is 0 Å². The van der Waals surface area contributed by atoms with Gasteiger partial charge in [-0.2, -0.15) is 0 Å². The lowest BCUT2D eigenvalue weighted by Crippen LogP contribution is -2.39. The molecule has 7 nitrogen and oxygen atoms in total. The van der Waals surface area contributed by atoms with Gasteiger partial charge in [0.25, 0.3) is 0 Å². The number of carbonyl (C=O) groups excluding carboxylic acids is 3. The molecule has 2 aromatic rings. The number of esters is 2. The molecule has 0 aliphatic carbocycles. The second-order valence-electron chi connectivity index (χ2n) is 6.89. The van der Waals surface area contributed by atoms with Crippen LogP contribution in [0, 0.1) is 0 Å². The van der Waals surface area contributed by atoms with E-state index in [1.807, 2.05) is 30.3 Å². The fourth-order valence-electron chi connectivity index (χ4n) is 4.07. The minimum Gasteiger partial charge on any atom is -0.507 e. The van der Waals surface area contributed by atoms with E-state index in [0.717, 1.165) is 11.1 Å². The van der Waals surface area contributed by atoms with Crippen LogP contribution in [0.3, 0.4) is 0 Å². The Morgan fingerprint density at radius 1 is 0.900 bits per heavy atom. The number of Topliss-reactive ketones (excluding diaryl/α,β-unsaturated/α-hetero) is 1. The number of para-hydroxylation sites is 1. The van der Waals surface area contributed by atoms with E-state index in [-0.39, 0.29) is 22.5 Å². The molecule has 2 aliphatic heterocycles. The summed E-state index contributed by atoms with van der Waals surface area (Å²) in [4.78, 5) is 40.7. The van der Waals surface area contributed by atoms with Crippen LogP contribution < -0.4 is 0 Å². The monoisotopic (exact) mass is 405 g/mol. The van der Waals surface area contributed by atoms with Crippen molar-refractivity contribution in [1.29, 1.82) is 0 Å². The van der Waals surface area contributed by atoms with Crippen molar-refractivity contribution in [2.45, 2.75) is 12.1 Å². The Bertz CT molecular complexity index is 1120. The molecule has 2 unspecified atom stereocenters. The van der Waals surface area contributed by atoms with Gasteiger partial charge in [-0.25, -0.2) is 9.59 Å². The highest BCUT2D eigenvalue weighted by Crippen LogP contribution is 2.47. The van der Waals surface area contributed by atoms with Crippen molar-refractivity contribution in [3.05, 3.63) is 82.6 Å². The van der Waals surface area contributed by atoms with Gasteiger partial charge in [-0.3, -0.25) is 4.79 Å². The molecule has 0 bridgehead atoms. The quantitative estimate of drug-likeness (QED) is 0.617. The maximum atomic E-state index is 13.5. The van der Waals surface area contributed by atoms with E-state index in [2.05, 4.69) is 0 Å². The highest BCUT2D eigenvalue weighted by Gasteiger charge is 2.51. The average Bonchev–Trinajstić information content (AvgIpc) is 3.13. The summed E-state index contributed by atoms with van der Waals surface area (Å²) in [6, 6.07) is 11.6. The minimum atomic E-state index is -1.16. The van der Waals surface area contributed by atoms with Gasteiger partial charge in [-0.05, 0) is 29.3 Å². The van der Waals surface area contributed by atoms with Crippen LogP contribution in [0.2, 0.25) is 0 Å². The van der Waals surface area contributed by atoms with Crippen molar-refractivity contribution in [3.63, 3.8) is 0 Å². The molecule has 4 rings (SSSR count). The third-order valence-corrected chi connectivity index (χ3v) is 5.38. The minimum absolute atomic E-state index is 0.0426. The maximum absolute atomic E-state index is 13.5. The number of phenolic OH excluding ortho intramolecular Hbond substituents is 1. The standard InChI is InChI=1S/C23H19NO6/c1-29-22(27)17-18(23(28)30-2)20(21(26)15-9-5-6-10-16(15)25)24-12-11-13-7-3-4-8-14(13)19(17)24/h3-12,19-20,25H,1-2H3. The smallest absolute Gasteiger partial charge is 0.336 e. The number of carbonyl (C=O) groups is 3. The molecule has 152 valence electrons. The highest BCUT2D eigenvalue weighted by molar-refractivity contribution is 6.14. The van der Waals surface area contributed by atoms with Gasteiger partial charge in [0.15, 0.2) is 5.78 Å². The maximum Gasteiger partial charge on any atom is 0.336 e.